The van der Waals surface area contributed by atoms with Crippen molar-refractivity contribution in [3.63, 3.8) is 0 Å². The van der Waals surface area contributed by atoms with Gasteiger partial charge in [-0.15, -0.1) is 0 Å². The van der Waals surface area contributed by atoms with Gasteiger partial charge in [-0.3, -0.25) is 4.79 Å². The lowest BCUT2D eigenvalue weighted by Crippen LogP contribution is -2.08. The molecule has 80 valence electrons. The van der Waals surface area contributed by atoms with Crippen molar-refractivity contribution >= 4 is 17.6 Å². The first-order valence-corrected chi connectivity index (χ1v) is 4.30. The Kier molecular flexibility index (Phi) is 3.28. The Morgan fingerprint density at radius 2 is 2.00 bits per heavy atom. The zero-order valence-corrected chi connectivity index (χ0v) is 8.15. The summed E-state index contributed by atoms with van der Waals surface area (Å²) in [6, 6.07) is 4.56. The van der Waals surface area contributed by atoms with Crippen molar-refractivity contribution in [1.29, 1.82) is 0 Å². The Balaban J connectivity index is 3.15. The van der Waals surface area contributed by atoms with E-state index in [0.29, 0.717) is 11.3 Å². The van der Waals surface area contributed by atoms with Gasteiger partial charge in [0, 0.05) is 12.7 Å². The third kappa shape index (κ3) is 2.70. The molecule has 5 nitrogen and oxygen atoms in total. The van der Waals surface area contributed by atoms with E-state index in [-0.39, 0.29) is 12.0 Å². The molecule has 0 heterocycles. The minimum absolute atomic E-state index is 0.0178. The molecule has 1 rings (SSSR count). The molecule has 1 aromatic rings. The predicted octanol–water partition coefficient (Wildman–Crippen LogP) is 1.05. The fraction of sp³-hybridized carbons (Fsp3) is 0.200. The smallest absolute Gasteiger partial charge is 0.336 e. The maximum absolute atomic E-state index is 10.9. The fourth-order valence-electron chi connectivity index (χ4n) is 1.25. The minimum Gasteiger partial charge on any atom is -0.481 e. The molecule has 0 radical (unpaired) electrons. The van der Waals surface area contributed by atoms with Gasteiger partial charge in [0.2, 0.25) is 0 Å². The number of carbonyl (C=O) groups is 2. The lowest BCUT2D eigenvalue weighted by atomic mass is 10.0. The second-order valence-corrected chi connectivity index (χ2v) is 3.00. The summed E-state index contributed by atoms with van der Waals surface area (Å²) in [4.78, 5) is 21.3. The van der Waals surface area contributed by atoms with Crippen LogP contribution in [0.15, 0.2) is 18.2 Å². The van der Waals surface area contributed by atoms with Crippen LogP contribution in [-0.2, 0) is 11.2 Å². The van der Waals surface area contributed by atoms with Crippen LogP contribution < -0.4 is 5.32 Å². The Morgan fingerprint density at radius 3 is 2.47 bits per heavy atom. The largest absolute Gasteiger partial charge is 0.481 e. The number of aromatic carboxylic acids is 1. The molecule has 1 aromatic carbocycles. The highest BCUT2D eigenvalue weighted by molar-refractivity contribution is 5.92. The van der Waals surface area contributed by atoms with Gasteiger partial charge in [-0.1, -0.05) is 6.07 Å². The standard InChI is InChI=1S/C10H11NO4/c1-11-7-3-2-6(4-9(12)13)8(5-7)10(14)15/h2-3,5,11H,4H2,1H3,(H,12,13)(H,14,15). The van der Waals surface area contributed by atoms with Crippen LogP contribution in [0.3, 0.4) is 0 Å². The van der Waals surface area contributed by atoms with E-state index in [0.717, 1.165) is 0 Å². The Labute approximate surface area is 86.4 Å². The van der Waals surface area contributed by atoms with Gasteiger partial charge in [0.25, 0.3) is 0 Å². The topological polar surface area (TPSA) is 86.6 Å². The number of hydrogen-bond acceptors (Lipinski definition) is 3. The van der Waals surface area contributed by atoms with Gasteiger partial charge in [0.05, 0.1) is 12.0 Å². The summed E-state index contributed by atoms with van der Waals surface area (Å²) in [6.07, 6.45) is -0.286. The van der Waals surface area contributed by atoms with Crippen LogP contribution in [0.2, 0.25) is 0 Å². The first-order chi connectivity index (χ1) is 7.04. The van der Waals surface area contributed by atoms with E-state index in [1.54, 1.807) is 13.1 Å². The molecule has 5 heteroatoms. The summed E-state index contributed by atoms with van der Waals surface area (Å²) >= 11 is 0. The molecule has 0 amide bonds. The van der Waals surface area contributed by atoms with Crippen LogP contribution in [0.4, 0.5) is 5.69 Å². The highest BCUT2D eigenvalue weighted by Gasteiger charge is 2.12. The molecule has 0 aromatic heterocycles. The predicted molar refractivity (Wildman–Crippen MR) is 54.3 cm³/mol. The van der Waals surface area contributed by atoms with Crippen LogP contribution in [-0.4, -0.2) is 29.2 Å². The van der Waals surface area contributed by atoms with E-state index in [1.807, 2.05) is 0 Å². The summed E-state index contributed by atoms with van der Waals surface area (Å²) in [6.45, 7) is 0. The molecule has 0 aliphatic heterocycles. The maximum Gasteiger partial charge on any atom is 0.336 e. The normalized spacial score (nSPS) is 9.67. The number of aliphatic carboxylic acids is 1. The zero-order valence-electron chi connectivity index (χ0n) is 8.15. The number of hydrogen-bond donors (Lipinski definition) is 3. The number of benzene rings is 1. The first kappa shape index (κ1) is 11.0. The number of carboxylic acids is 2. The highest BCUT2D eigenvalue weighted by Crippen LogP contribution is 2.16. The molecule has 0 saturated carbocycles. The molecule has 0 spiro atoms. The van der Waals surface area contributed by atoms with Crippen molar-refractivity contribution < 1.29 is 19.8 Å². The van der Waals surface area contributed by atoms with Gasteiger partial charge in [-0.25, -0.2) is 4.79 Å². The summed E-state index contributed by atoms with van der Waals surface area (Å²) in [5, 5.41) is 20.3. The second-order valence-electron chi connectivity index (χ2n) is 3.00. The van der Waals surface area contributed by atoms with E-state index < -0.39 is 11.9 Å². The molecule has 0 aliphatic rings. The van der Waals surface area contributed by atoms with Crippen molar-refractivity contribution in [2.75, 3.05) is 12.4 Å². The van der Waals surface area contributed by atoms with E-state index in [2.05, 4.69) is 5.32 Å². The molecule has 0 fully saturated rings. The van der Waals surface area contributed by atoms with Crippen LogP contribution in [0.25, 0.3) is 0 Å². The number of rotatable bonds is 4. The zero-order chi connectivity index (χ0) is 11.4. The van der Waals surface area contributed by atoms with E-state index in [4.69, 9.17) is 10.2 Å². The average molecular weight is 209 g/mol. The Hall–Kier alpha value is -2.04. The third-order valence-corrected chi connectivity index (χ3v) is 1.97. The number of nitrogens with one attached hydrogen (secondary N) is 1. The van der Waals surface area contributed by atoms with Crippen LogP contribution >= 0.6 is 0 Å². The fourth-order valence-corrected chi connectivity index (χ4v) is 1.25. The quantitative estimate of drug-likeness (QED) is 0.690. The summed E-state index contributed by atoms with van der Waals surface area (Å²) in [7, 11) is 1.66. The SMILES string of the molecule is CNc1ccc(CC(=O)O)c(C(=O)O)c1. The van der Waals surface area contributed by atoms with Crippen molar-refractivity contribution in [2.24, 2.45) is 0 Å². The van der Waals surface area contributed by atoms with Crippen LogP contribution in [0, 0.1) is 0 Å². The van der Waals surface area contributed by atoms with Crippen molar-refractivity contribution in [3.8, 4) is 0 Å². The van der Waals surface area contributed by atoms with Gasteiger partial charge in [0.15, 0.2) is 0 Å². The third-order valence-electron chi connectivity index (χ3n) is 1.97. The number of anilines is 1. The van der Waals surface area contributed by atoms with E-state index >= 15 is 0 Å². The maximum atomic E-state index is 10.9. The Bertz CT molecular complexity index is 400. The molecule has 0 aliphatic carbocycles. The lowest BCUT2D eigenvalue weighted by Gasteiger charge is -2.06. The van der Waals surface area contributed by atoms with Crippen molar-refractivity contribution in [3.05, 3.63) is 29.3 Å². The second kappa shape index (κ2) is 4.45. The van der Waals surface area contributed by atoms with Gasteiger partial charge in [-0.05, 0) is 17.7 Å². The van der Waals surface area contributed by atoms with Gasteiger partial charge in [-0.2, -0.15) is 0 Å². The molecule has 3 N–H and O–H groups in total. The van der Waals surface area contributed by atoms with Crippen molar-refractivity contribution in [1.82, 2.24) is 0 Å². The molecule has 0 saturated heterocycles. The average Bonchev–Trinajstić information content (AvgIpc) is 2.17. The molecule has 0 unspecified atom stereocenters. The van der Waals surface area contributed by atoms with Crippen LogP contribution in [0.1, 0.15) is 15.9 Å². The van der Waals surface area contributed by atoms with E-state index in [9.17, 15) is 9.59 Å². The molecular formula is C10H11NO4. The number of carboxylic acid groups (broad SMARTS) is 2. The molecule has 0 atom stereocenters. The summed E-state index contributed by atoms with van der Waals surface area (Å²) in [5.41, 5.74) is 0.958. The van der Waals surface area contributed by atoms with Gasteiger partial charge < -0.3 is 15.5 Å². The molecule has 0 bridgehead atoms. The molecule has 15 heavy (non-hydrogen) atoms. The Morgan fingerprint density at radius 1 is 1.33 bits per heavy atom. The van der Waals surface area contributed by atoms with E-state index in [1.165, 1.54) is 12.1 Å². The van der Waals surface area contributed by atoms with Crippen molar-refractivity contribution in [2.45, 2.75) is 6.42 Å². The molecular weight excluding hydrogens is 198 g/mol. The lowest BCUT2D eigenvalue weighted by molar-refractivity contribution is -0.136. The van der Waals surface area contributed by atoms with Gasteiger partial charge >= 0.3 is 11.9 Å². The minimum atomic E-state index is -1.12. The summed E-state index contributed by atoms with van der Waals surface area (Å²) in [5.74, 6) is -2.17. The van der Waals surface area contributed by atoms with Gasteiger partial charge in [0.1, 0.15) is 0 Å². The monoisotopic (exact) mass is 209 g/mol. The highest BCUT2D eigenvalue weighted by atomic mass is 16.4. The van der Waals surface area contributed by atoms with Crippen LogP contribution in [0.5, 0.6) is 0 Å². The first-order valence-electron chi connectivity index (χ1n) is 4.30. The summed E-state index contributed by atoms with van der Waals surface area (Å²) < 4.78 is 0.